The predicted octanol–water partition coefficient (Wildman–Crippen LogP) is 2.28. The number of unbranched alkanes of at least 4 members (excludes halogenated alkanes) is 14. The highest BCUT2D eigenvalue weighted by Crippen LogP contribution is 2.18. The Morgan fingerprint density at radius 1 is 0.545 bits per heavy atom. The van der Waals surface area contributed by atoms with Crippen molar-refractivity contribution >= 4 is 0 Å². The van der Waals surface area contributed by atoms with E-state index in [4.69, 9.17) is 19.7 Å². The van der Waals surface area contributed by atoms with Crippen molar-refractivity contribution in [1.29, 1.82) is 0 Å². The van der Waals surface area contributed by atoms with Crippen LogP contribution in [0, 0.1) is 5.92 Å². The van der Waals surface area contributed by atoms with Gasteiger partial charge in [-0.1, -0.05) is 96.8 Å². The van der Waals surface area contributed by atoms with Gasteiger partial charge in [-0.2, -0.15) is 0 Å². The summed E-state index contributed by atoms with van der Waals surface area (Å²) in [6.45, 7) is 4.62. The maximum absolute atomic E-state index is 8.86. The van der Waals surface area contributed by atoms with E-state index >= 15 is 0 Å². The van der Waals surface area contributed by atoms with Gasteiger partial charge >= 0.3 is 0 Å². The molecule has 0 rings (SSSR count). The van der Waals surface area contributed by atoms with Crippen LogP contribution in [0.3, 0.4) is 0 Å². The first-order chi connectivity index (χ1) is 15.8. The molecule has 1 atom stereocenters. The lowest BCUT2D eigenvalue weighted by atomic mass is 9.90. The van der Waals surface area contributed by atoms with Crippen LogP contribution in [0.2, 0.25) is 0 Å². The molecule has 0 spiro atoms. The Balaban J connectivity index is 0. The van der Waals surface area contributed by atoms with Gasteiger partial charge < -0.3 is 37.8 Å². The second kappa shape index (κ2) is 30.1. The number of ether oxygens (including phenoxy) is 2. The number of halogens is 1. The van der Waals surface area contributed by atoms with Gasteiger partial charge in [0, 0.05) is 19.1 Å². The Labute approximate surface area is 212 Å². The molecule has 0 bridgehead atoms. The summed E-state index contributed by atoms with van der Waals surface area (Å²) < 4.78 is 10.9. The maximum atomic E-state index is 8.86. The third kappa shape index (κ3) is 26.5. The number of quaternary nitrogens is 1. The highest BCUT2D eigenvalue weighted by molar-refractivity contribution is 4.68. The smallest absolute Gasteiger partial charge is 0.0873 e. The molecule has 0 aromatic rings. The molecule has 0 aliphatic carbocycles. The number of rotatable bonds is 27. The fourth-order valence-corrected chi connectivity index (χ4v) is 4.43. The van der Waals surface area contributed by atoms with E-state index in [2.05, 4.69) is 12.7 Å². The molecule has 0 saturated carbocycles. The fraction of sp³-hybridized carbons (Fsp3) is 1.00. The summed E-state index contributed by atoms with van der Waals surface area (Å²) in [5.74, 6) is 0.485. The van der Waals surface area contributed by atoms with Crippen molar-refractivity contribution < 1.29 is 37.8 Å². The van der Waals surface area contributed by atoms with Crippen molar-refractivity contribution in [2.75, 3.05) is 39.6 Å². The van der Waals surface area contributed by atoms with Crippen molar-refractivity contribution in [3.63, 3.8) is 0 Å². The second-order valence-corrected chi connectivity index (χ2v) is 9.51. The molecule has 0 aliphatic rings. The molecule has 0 saturated heterocycles. The third-order valence-electron chi connectivity index (χ3n) is 6.58. The average Bonchev–Trinajstić information content (AvgIpc) is 2.80. The summed E-state index contributed by atoms with van der Waals surface area (Å²) in [5.41, 5.74) is 4.43. The van der Waals surface area contributed by atoms with E-state index in [0.29, 0.717) is 38.4 Å². The molecule has 1 unspecified atom stereocenters. The third-order valence-corrected chi connectivity index (χ3v) is 6.58. The van der Waals surface area contributed by atoms with Gasteiger partial charge in [-0.05, 0) is 25.7 Å². The van der Waals surface area contributed by atoms with Crippen LogP contribution < -0.4 is 18.1 Å². The molecule has 33 heavy (non-hydrogen) atoms. The second-order valence-electron chi connectivity index (χ2n) is 9.51. The van der Waals surface area contributed by atoms with E-state index in [1.165, 1.54) is 103 Å². The standard InChI is InChI=1S/C27H57NO4.ClH/c1-2-3-4-5-6-7-8-9-10-11-12-13-14-15-16-17-27(28)26(18-22-31-24-20-29)19-23-32-25-21-30;/h26-27,29-30H,2-25,28H2,1H3;1H. The first-order valence-corrected chi connectivity index (χ1v) is 14.0. The van der Waals surface area contributed by atoms with Crippen molar-refractivity contribution in [1.82, 2.24) is 0 Å². The number of aliphatic hydroxyl groups is 2. The molecule has 0 aromatic carbocycles. The Bertz CT molecular complexity index is 338. The van der Waals surface area contributed by atoms with Gasteiger partial charge in [-0.25, -0.2) is 0 Å². The predicted molar refractivity (Wildman–Crippen MR) is 135 cm³/mol. The SMILES string of the molecule is CCCCCCCCCCCCCCCCCC([NH3+])C(CCOCCO)CCOCCO.[Cl-]. The zero-order valence-corrected chi connectivity index (χ0v) is 22.7. The van der Waals surface area contributed by atoms with Crippen molar-refractivity contribution in [2.24, 2.45) is 5.92 Å². The lowest BCUT2D eigenvalue weighted by molar-refractivity contribution is -0.436. The van der Waals surface area contributed by atoms with E-state index < -0.39 is 0 Å². The first kappa shape index (κ1) is 35.3. The molecule has 5 N–H and O–H groups in total. The summed E-state index contributed by atoms with van der Waals surface area (Å²) in [6, 6.07) is 0.424. The van der Waals surface area contributed by atoms with E-state index in [1.807, 2.05) is 0 Å². The Morgan fingerprint density at radius 2 is 0.909 bits per heavy atom. The van der Waals surface area contributed by atoms with Crippen LogP contribution in [0.25, 0.3) is 0 Å². The van der Waals surface area contributed by atoms with E-state index in [-0.39, 0.29) is 25.6 Å². The van der Waals surface area contributed by atoms with E-state index in [1.54, 1.807) is 0 Å². The molecule has 0 radical (unpaired) electrons. The molecular formula is C27H58ClNO4. The quantitative estimate of drug-likeness (QED) is 0.153. The van der Waals surface area contributed by atoms with Crippen LogP contribution in [0.4, 0.5) is 0 Å². The van der Waals surface area contributed by atoms with Gasteiger partial charge in [-0.15, -0.1) is 0 Å². The average molecular weight is 496 g/mol. The minimum absolute atomic E-state index is 0. The Kier molecular flexibility index (Phi) is 32.2. The number of aliphatic hydroxyl groups excluding tert-OH is 2. The summed E-state index contributed by atoms with van der Waals surface area (Å²) in [5, 5.41) is 17.7. The normalized spacial score (nSPS) is 12.3. The Hall–Kier alpha value is 0.0900. The minimum atomic E-state index is 0. The zero-order valence-electron chi connectivity index (χ0n) is 21.9. The summed E-state index contributed by atoms with van der Waals surface area (Å²) in [7, 11) is 0. The van der Waals surface area contributed by atoms with Gasteiger partial charge in [0.2, 0.25) is 0 Å². The largest absolute Gasteiger partial charge is 1.00 e. The van der Waals surface area contributed by atoms with Crippen LogP contribution in [-0.2, 0) is 9.47 Å². The van der Waals surface area contributed by atoms with Crippen LogP contribution in [-0.4, -0.2) is 55.9 Å². The first-order valence-electron chi connectivity index (χ1n) is 14.0. The summed E-state index contributed by atoms with van der Waals surface area (Å²) >= 11 is 0. The van der Waals surface area contributed by atoms with Gasteiger partial charge in [0.1, 0.15) is 0 Å². The van der Waals surface area contributed by atoms with Crippen LogP contribution in [0.5, 0.6) is 0 Å². The van der Waals surface area contributed by atoms with Crippen molar-refractivity contribution in [3.8, 4) is 0 Å². The topological polar surface area (TPSA) is 86.6 Å². The summed E-state index contributed by atoms with van der Waals surface area (Å²) in [6.07, 6.45) is 24.1. The van der Waals surface area contributed by atoms with Gasteiger partial charge in [0.15, 0.2) is 0 Å². The number of hydrogen-bond donors (Lipinski definition) is 3. The molecule has 0 fully saturated rings. The van der Waals surface area contributed by atoms with Crippen LogP contribution >= 0.6 is 0 Å². The lowest BCUT2D eigenvalue weighted by Crippen LogP contribution is -3.00. The highest BCUT2D eigenvalue weighted by Gasteiger charge is 2.20. The van der Waals surface area contributed by atoms with E-state index in [9.17, 15) is 0 Å². The molecule has 6 heteroatoms. The van der Waals surface area contributed by atoms with Gasteiger partial charge in [0.05, 0.1) is 32.5 Å². The lowest BCUT2D eigenvalue weighted by Gasteiger charge is -2.21. The van der Waals surface area contributed by atoms with Gasteiger partial charge in [0.25, 0.3) is 0 Å². The molecule has 0 aromatic heterocycles. The molecule has 0 aliphatic heterocycles. The summed E-state index contributed by atoms with van der Waals surface area (Å²) in [4.78, 5) is 0. The highest BCUT2D eigenvalue weighted by atomic mass is 35.5. The molecule has 202 valence electrons. The molecule has 0 amide bonds. The van der Waals surface area contributed by atoms with Crippen LogP contribution in [0.15, 0.2) is 0 Å². The van der Waals surface area contributed by atoms with Crippen molar-refractivity contribution in [3.05, 3.63) is 0 Å². The zero-order chi connectivity index (χ0) is 23.5. The van der Waals surface area contributed by atoms with Crippen molar-refractivity contribution in [2.45, 2.75) is 129 Å². The monoisotopic (exact) mass is 495 g/mol. The Morgan fingerprint density at radius 3 is 1.27 bits per heavy atom. The minimum Gasteiger partial charge on any atom is -1.00 e. The maximum Gasteiger partial charge on any atom is 0.0873 e. The van der Waals surface area contributed by atoms with E-state index in [0.717, 1.165) is 12.8 Å². The molecular weight excluding hydrogens is 438 g/mol. The molecule has 5 nitrogen and oxygen atoms in total. The molecule has 0 heterocycles. The van der Waals surface area contributed by atoms with Gasteiger partial charge in [-0.3, -0.25) is 0 Å². The van der Waals surface area contributed by atoms with Crippen LogP contribution in [0.1, 0.15) is 122 Å². The number of hydrogen-bond acceptors (Lipinski definition) is 4. The fourth-order valence-electron chi connectivity index (χ4n) is 4.43.